The zero-order valence-corrected chi connectivity index (χ0v) is 19.7. The van der Waals surface area contributed by atoms with Crippen molar-refractivity contribution in [1.29, 1.82) is 0 Å². The van der Waals surface area contributed by atoms with Gasteiger partial charge in [-0.05, 0) is 43.4 Å². The van der Waals surface area contributed by atoms with E-state index >= 15 is 0 Å². The monoisotopic (exact) mass is 406 g/mol. The highest BCUT2D eigenvalue weighted by Crippen LogP contribution is 2.39. The van der Waals surface area contributed by atoms with Crippen LogP contribution in [-0.2, 0) is 6.42 Å². The predicted molar refractivity (Wildman–Crippen MR) is 125 cm³/mol. The van der Waals surface area contributed by atoms with Crippen molar-refractivity contribution in [2.75, 3.05) is 19.8 Å². The van der Waals surface area contributed by atoms with Gasteiger partial charge in [0.2, 0.25) is 5.75 Å². The van der Waals surface area contributed by atoms with Crippen LogP contribution in [0.25, 0.3) is 0 Å². The highest BCUT2D eigenvalue weighted by molar-refractivity contribution is 5.54. The van der Waals surface area contributed by atoms with Crippen LogP contribution in [0.15, 0.2) is 12.1 Å². The van der Waals surface area contributed by atoms with Crippen molar-refractivity contribution in [3.8, 4) is 17.2 Å². The molecule has 168 valence electrons. The smallest absolute Gasteiger partial charge is 0.203 e. The Hall–Kier alpha value is -1.38. The second kappa shape index (κ2) is 17.5. The van der Waals surface area contributed by atoms with Gasteiger partial charge in [0.05, 0.1) is 19.8 Å². The molecule has 1 aromatic rings. The summed E-state index contributed by atoms with van der Waals surface area (Å²) in [5, 5.41) is 0. The van der Waals surface area contributed by atoms with Crippen molar-refractivity contribution in [2.45, 2.75) is 111 Å². The van der Waals surface area contributed by atoms with E-state index in [1.807, 2.05) is 0 Å². The second-order valence-corrected chi connectivity index (χ2v) is 8.00. The zero-order chi connectivity index (χ0) is 21.2. The van der Waals surface area contributed by atoms with Gasteiger partial charge >= 0.3 is 0 Å². The maximum atomic E-state index is 6.22. The molecule has 0 amide bonds. The van der Waals surface area contributed by atoms with Gasteiger partial charge in [-0.3, -0.25) is 0 Å². The highest BCUT2D eigenvalue weighted by atomic mass is 16.5. The van der Waals surface area contributed by atoms with Crippen molar-refractivity contribution in [1.82, 2.24) is 0 Å². The minimum absolute atomic E-state index is 0.726. The first-order valence-corrected chi connectivity index (χ1v) is 12.3. The number of rotatable bonds is 19. The van der Waals surface area contributed by atoms with E-state index in [1.54, 1.807) is 0 Å². The van der Waals surface area contributed by atoms with Gasteiger partial charge in [0.25, 0.3) is 0 Å². The second-order valence-electron chi connectivity index (χ2n) is 8.00. The summed E-state index contributed by atoms with van der Waals surface area (Å²) in [6.45, 7) is 11.1. The van der Waals surface area contributed by atoms with Crippen LogP contribution < -0.4 is 14.2 Å². The fraction of sp³-hybridized carbons (Fsp3) is 0.769. The van der Waals surface area contributed by atoms with E-state index in [9.17, 15) is 0 Å². The van der Waals surface area contributed by atoms with Crippen molar-refractivity contribution in [3.05, 3.63) is 17.7 Å². The van der Waals surface area contributed by atoms with E-state index < -0.39 is 0 Å². The van der Waals surface area contributed by atoms with E-state index in [0.29, 0.717) is 0 Å². The Balaban J connectivity index is 2.81. The molecular weight excluding hydrogens is 360 g/mol. The van der Waals surface area contributed by atoms with E-state index in [-0.39, 0.29) is 0 Å². The molecule has 0 radical (unpaired) electrons. The maximum absolute atomic E-state index is 6.22. The first-order valence-electron chi connectivity index (χ1n) is 12.3. The van der Waals surface area contributed by atoms with E-state index in [0.717, 1.165) is 62.8 Å². The van der Waals surface area contributed by atoms with Crippen LogP contribution >= 0.6 is 0 Å². The summed E-state index contributed by atoms with van der Waals surface area (Å²) in [5.74, 6) is 2.53. The van der Waals surface area contributed by atoms with Crippen LogP contribution in [0.1, 0.15) is 110 Å². The minimum atomic E-state index is 0.726. The van der Waals surface area contributed by atoms with E-state index in [2.05, 4.69) is 39.8 Å². The quantitative estimate of drug-likeness (QED) is 0.217. The van der Waals surface area contributed by atoms with Crippen LogP contribution in [0.5, 0.6) is 17.2 Å². The van der Waals surface area contributed by atoms with Crippen molar-refractivity contribution < 1.29 is 14.2 Å². The Morgan fingerprint density at radius 3 is 1.31 bits per heavy atom. The molecule has 0 unspecified atom stereocenters. The Kier molecular flexibility index (Phi) is 15.5. The Morgan fingerprint density at radius 2 is 0.931 bits per heavy atom. The van der Waals surface area contributed by atoms with Crippen molar-refractivity contribution in [2.24, 2.45) is 0 Å². The third kappa shape index (κ3) is 11.4. The first kappa shape index (κ1) is 25.7. The lowest BCUT2D eigenvalue weighted by atomic mass is 10.1. The molecule has 0 saturated carbocycles. The predicted octanol–water partition coefficient (Wildman–Crippen LogP) is 8.13. The number of aryl methyl sites for hydroxylation is 1. The van der Waals surface area contributed by atoms with Gasteiger partial charge in [-0.2, -0.15) is 0 Å². The van der Waals surface area contributed by atoms with E-state index in [4.69, 9.17) is 14.2 Å². The molecular formula is C26H46O3. The van der Waals surface area contributed by atoms with Crippen molar-refractivity contribution in [3.63, 3.8) is 0 Å². The summed E-state index contributed by atoms with van der Waals surface area (Å²) in [6.07, 6.45) is 15.4. The summed E-state index contributed by atoms with van der Waals surface area (Å²) in [5.41, 5.74) is 1.25. The molecule has 0 aliphatic rings. The Morgan fingerprint density at radius 1 is 0.517 bits per heavy atom. The molecule has 0 fully saturated rings. The van der Waals surface area contributed by atoms with Crippen LogP contribution in [-0.4, -0.2) is 19.8 Å². The first-order chi connectivity index (χ1) is 14.3. The van der Waals surface area contributed by atoms with Gasteiger partial charge in [-0.25, -0.2) is 0 Å². The fourth-order valence-corrected chi connectivity index (χ4v) is 3.32. The fourth-order valence-electron chi connectivity index (χ4n) is 3.32. The number of benzene rings is 1. The Bertz CT molecular complexity index is 478. The zero-order valence-electron chi connectivity index (χ0n) is 19.7. The molecule has 1 aromatic carbocycles. The molecule has 0 heterocycles. The molecule has 0 aromatic heterocycles. The number of unbranched alkanes of at least 4 members (excludes halogenated alkanes) is 9. The summed E-state index contributed by atoms with van der Waals surface area (Å²) in [7, 11) is 0. The molecule has 0 atom stereocenters. The van der Waals surface area contributed by atoms with Gasteiger partial charge in [-0.1, -0.05) is 85.5 Å². The van der Waals surface area contributed by atoms with Crippen LogP contribution in [0.2, 0.25) is 0 Å². The lowest BCUT2D eigenvalue weighted by Crippen LogP contribution is -2.07. The highest BCUT2D eigenvalue weighted by Gasteiger charge is 2.15. The normalized spacial score (nSPS) is 10.9. The Labute approximate surface area is 180 Å². The van der Waals surface area contributed by atoms with Crippen molar-refractivity contribution >= 4 is 0 Å². The van der Waals surface area contributed by atoms with Gasteiger partial charge in [-0.15, -0.1) is 0 Å². The van der Waals surface area contributed by atoms with Gasteiger partial charge in [0.1, 0.15) is 0 Å². The maximum Gasteiger partial charge on any atom is 0.203 e. The summed E-state index contributed by atoms with van der Waals surface area (Å²) >= 11 is 0. The molecule has 29 heavy (non-hydrogen) atoms. The van der Waals surface area contributed by atoms with Crippen LogP contribution in [0.3, 0.4) is 0 Å². The lowest BCUT2D eigenvalue weighted by Gasteiger charge is -2.19. The molecule has 0 spiro atoms. The molecule has 0 bridgehead atoms. The molecule has 1 rings (SSSR count). The van der Waals surface area contributed by atoms with Crippen LogP contribution in [0.4, 0.5) is 0 Å². The summed E-state index contributed by atoms with van der Waals surface area (Å²) in [4.78, 5) is 0. The average molecular weight is 407 g/mol. The molecule has 0 N–H and O–H groups in total. The number of hydrogen-bond donors (Lipinski definition) is 0. The summed E-state index contributed by atoms with van der Waals surface area (Å²) in [6, 6.07) is 4.29. The SMILES string of the molecule is CCCCCCOc1cc(CC)cc(OCCCCCC)c1OCCCCCC. The number of ether oxygens (including phenoxy) is 3. The molecule has 0 aliphatic heterocycles. The molecule has 3 heteroatoms. The average Bonchev–Trinajstić information content (AvgIpc) is 2.74. The van der Waals surface area contributed by atoms with Gasteiger partial charge in [0.15, 0.2) is 11.5 Å². The van der Waals surface area contributed by atoms with E-state index in [1.165, 1.54) is 63.4 Å². The minimum Gasteiger partial charge on any atom is -0.490 e. The van der Waals surface area contributed by atoms with Gasteiger partial charge in [0, 0.05) is 0 Å². The van der Waals surface area contributed by atoms with Crippen LogP contribution in [0, 0.1) is 0 Å². The molecule has 3 nitrogen and oxygen atoms in total. The number of hydrogen-bond acceptors (Lipinski definition) is 3. The lowest BCUT2D eigenvalue weighted by molar-refractivity contribution is 0.234. The van der Waals surface area contributed by atoms with Gasteiger partial charge < -0.3 is 14.2 Å². The molecule has 0 saturated heterocycles. The summed E-state index contributed by atoms with van der Waals surface area (Å²) < 4.78 is 18.6. The topological polar surface area (TPSA) is 27.7 Å². The largest absolute Gasteiger partial charge is 0.490 e. The third-order valence-electron chi connectivity index (χ3n) is 5.24. The molecule has 0 aliphatic carbocycles. The standard InChI is InChI=1S/C26H46O3/c1-5-9-12-15-18-27-24-21-23(8-4)22-25(28-19-16-13-10-6-2)26(24)29-20-17-14-11-7-3/h21-22H,5-20H2,1-4H3. The third-order valence-corrected chi connectivity index (χ3v) is 5.24.